The summed E-state index contributed by atoms with van der Waals surface area (Å²) in [6.45, 7) is 2.99. The largest absolute Gasteiger partial charge is 0.369 e. The normalized spacial score (nSPS) is 17.3. The predicted octanol–water partition coefficient (Wildman–Crippen LogP) is 3.20. The van der Waals surface area contributed by atoms with Gasteiger partial charge >= 0.3 is 0 Å². The highest BCUT2D eigenvalue weighted by molar-refractivity contribution is 8.00. The Morgan fingerprint density at radius 2 is 1.95 bits per heavy atom. The number of thioether (sulfide) groups is 1. The van der Waals surface area contributed by atoms with Crippen LogP contribution < -0.4 is 5.73 Å². The summed E-state index contributed by atoms with van der Waals surface area (Å²) in [6.07, 6.45) is 1.27. The minimum Gasteiger partial charge on any atom is -0.369 e. The fourth-order valence-electron chi connectivity index (χ4n) is 2.45. The Kier molecular flexibility index (Phi) is 6.01. The molecule has 1 aromatic carbocycles. The van der Waals surface area contributed by atoms with Crippen molar-refractivity contribution in [2.24, 2.45) is 11.7 Å². The van der Waals surface area contributed by atoms with Crippen LogP contribution in [0.2, 0.25) is 10.0 Å². The van der Waals surface area contributed by atoms with Crippen LogP contribution in [0.25, 0.3) is 0 Å². The first-order chi connectivity index (χ1) is 10.4. The van der Waals surface area contributed by atoms with Gasteiger partial charge < -0.3 is 10.6 Å². The Balaban J connectivity index is 1.95. The number of primary amides is 1. The van der Waals surface area contributed by atoms with Crippen molar-refractivity contribution in [1.29, 1.82) is 0 Å². The number of benzene rings is 1. The monoisotopic (exact) mass is 360 g/mol. The first-order valence-electron chi connectivity index (χ1n) is 7.08. The molecule has 0 aliphatic carbocycles. The summed E-state index contributed by atoms with van der Waals surface area (Å²) in [5.41, 5.74) is 5.31. The SMILES string of the molecule is CC(Sc1cc(Cl)ccc1Cl)C(=O)N1CCC(C(N)=O)CC1. The molecule has 0 saturated carbocycles. The van der Waals surface area contributed by atoms with Crippen molar-refractivity contribution >= 4 is 46.8 Å². The molecule has 2 rings (SSSR count). The summed E-state index contributed by atoms with van der Waals surface area (Å²) in [6, 6.07) is 5.20. The molecule has 1 heterocycles. The second kappa shape index (κ2) is 7.57. The number of hydrogen-bond acceptors (Lipinski definition) is 3. The quantitative estimate of drug-likeness (QED) is 0.838. The van der Waals surface area contributed by atoms with Gasteiger partial charge in [-0.2, -0.15) is 0 Å². The van der Waals surface area contributed by atoms with Crippen LogP contribution in [0.5, 0.6) is 0 Å². The van der Waals surface area contributed by atoms with Gasteiger partial charge in [-0.05, 0) is 38.0 Å². The number of piperidine rings is 1. The molecule has 1 fully saturated rings. The van der Waals surface area contributed by atoms with Crippen molar-refractivity contribution in [1.82, 2.24) is 4.90 Å². The van der Waals surface area contributed by atoms with Crippen LogP contribution in [-0.4, -0.2) is 35.1 Å². The van der Waals surface area contributed by atoms with E-state index in [2.05, 4.69) is 0 Å². The van der Waals surface area contributed by atoms with Crippen molar-refractivity contribution in [2.45, 2.75) is 29.9 Å². The van der Waals surface area contributed by atoms with E-state index in [1.165, 1.54) is 11.8 Å². The lowest BCUT2D eigenvalue weighted by Crippen LogP contribution is -2.44. The Hall–Kier alpha value is -0.910. The molecule has 0 bridgehead atoms. The van der Waals surface area contributed by atoms with E-state index in [1.807, 2.05) is 6.92 Å². The Bertz CT molecular complexity index is 575. The third-order valence-electron chi connectivity index (χ3n) is 3.75. The minimum atomic E-state index is -0.278. The van der Waals surface area contributed by atoms with E-state index in [9.17, 15) is 9.59 Å². The van der Waals surface area contributed by atoms with Crippen molar-refractivity contribution < 1.29 is 9.59 Å². The van der Waals surface area contributed by atoms with Crippen LogP contribution in [0, 0.1) is 5.92 Å². The molecule has 2 amide bonds. The van der Waals surface area contributed by atoms with Crippen LogP contribution in [0.3, 0.4) is 0 Å². The molecule has 120 valence electrons. The molecule has 0 spiro atoms. The maximum absolute atomic E-state index is 12.5. The zero-order valence-corrected chi connectivity index (χ0v) is 14.5. The number of carbonyl (C=O) groups is 2. The van der Waals surface area contributed by atoms with Gasteiger partial charge in [0, 0.05) is 28.9 Å². The zero-order chi connectivity index (χ0) is 16.3. The van der Waals surface area contributed by atoms with E-state index < -0.39 is 0 Å². The molecule has 1 aromatic rings. The summed E-state index contributed by atoms with van der Waals surface area (Å²) in [5, 5.41) is 0.913. The Labute approximate surface area is 144 Å². The van der Waals surface area contributed by atoms with Gasteiger partial charge in [-0.3, -0.25) is 9.59 Å². The van der Waals surface area contributed by atoms with Crippen LogP contribution >= 0.6 is 35.0 Å². The molecule has 1 aliphatic rings. The number of amides is 2. The number of likely N-dealkylation sites (tertiary alicyclic amines) is 1. The second-order valence-corrected chi connectivity index (χ2v) is 7.56. The standard InChI is InChI=1S/C15H18Cl2N2O2S/c1-9(22-13-8-11(16)2-3-12(13)17)15(21)19-6-4-10(5-7-19)14(18)20/h2-3,8-10H,4-7H2,1H3,(H2,18,20). The molecule has 0 aromatic heterocycles. The van der Waals surface area contributed by atoms with Gasteiger partial charge in [-0.1, -0.05) is 23.2 Å². The summed E-state index contributed by atoms with van der Waals surface area (Å²) >= 11 is 13.5. The maximum Gasteiger partial charge on any atom is 0.235 e. The average molecular weight is 361 g/mol. The first kappa shape index (κ1) is 17.4. The topological polar surface area (TPSA) is 63.4 Å². The van der Waals surface area contributed by atoms with Crippen LogP contribution in [0.15, 0.2) is 23.1 Å². The number of carbonyl (C=O) groups excluding carboxylic acids is 2. The number of halogens is 2. The first-order valence-corrected chi connectivity index (χ1v) is 8.72. The van der Waals surface area contributed by atoms with Crippen molar-refractivity contribution in [3.63, 3.8) is 0 Å². The fourth-order valence-corrected chi connectivity index (χ4v) is 3.94. The number of rotatable bonds is 4. The van der Waals surface area contributed by atoms with Gasteiger partial charge in [0.15, 0.2) is 0 Å². The fraction of sp³-hybridized carbons (Fsp3) is 0.467. The second-order valence-electron chi connectivity index (χ2n) is 5.34. The van der Waals surface area contributed by atoms with Crippen LogP contribution in [0.1, 0.15) is 19.8 Å². The van der Waals surface area contributed by atoms with Gasteiger partial charge in [0.2, 0.25) is 11.8 Å². The Morgan fingerprint density at radius 1 is 1.32 bits per heavy atom. The summed E-state index contributed by atoms with van der Waals surface area (Å²) < 4.78 is 0. The molecule has 1 atom stereocenters. The Morgan fingerprint density at radius 3 is 2.55 bits per heavy atom. The summed E-state index contributed by atoms with van der Waals surface area (Å²) in [5.74, 6) is -0.349. The van der Waals surface area contributed by atoms with E-state index in [0.29, 0.717) is 36.0 Å². The van der Waals surface area contributed by atoms with E-state index in [4.69, 9.17) is 28.9 Å². The number of hydrogen-bond donors (Lipinski definition) is 1. The van der Waals surface area contributed by atoms with Crippen molar-refractivity contribution in [3.8, 4) is 0 Å². The van der Waals surface area contributed by atoms with Crippen molar-refractivity contribution in [2.75, 3.05) is 13.1 Å². The van der Waals surface area contributed by atoms with Crippen molar-refractivity contribution in [3.05, 3.63) is 28.2 Å². The van der Waals surface area contributed by atoms with Gasteiger partial charge in [-0.15, -0.1) is 11.8 Å². The van der Waals surface area contributed by atoms with Crippen LogP contribution in [0.4, 0.5) is 0 Å². The average Bonchev–Trinajstić information content (AvgIpc) is 2.50. The molecule has 1 saturated heterocycles. The lowest BCUT2D eigenvalue weighted by Gasteiger charge is -2.32. The highest BCUT2D eigenvalue weighted by Crippen LogP contribution is 2.33. The molecule has 4 nitrogen and oxygen atoms in total. The predicted molar refractivity (Wildman–Crippen MR) is 90.3 cm³/mol. The summed E-state index contributed by atoms with van der Waals surface area (Å²) in [4.78, 5) is 26.2. The number of nitrogens with zero attached hydrogens (tertiary/aromatic N) is 1. The summed E-state index contributed by atoms with van der Waals surface area (Å²) in [7, 11) is 0. The molecule has 1 aliphatic heterocycles. The maximum atomic E-state index is 12.5. The van der Waals surface area contributed by atoms with Gasteiger partial charge in [0.1, 0.15) is 0 Å². The van der Waals surface area contributed by atoms with Gasteiger partial charge in [0.25, 0.3) is 0 Å². The van der Waals surface area contributed by atoms with Gasteiger partial charge in [-0.25, -0.2) is 0 Å². The molecule has 1 unspecified atom stereocenters. The molecular weight excluding hydrogens is 343 g/mol. The third-order valence-corrected chi connectivity index (χ3v) is 5.58. The molecule has 2 N–H and O–H groups in total. The van der Waals surface area contributed by atoms with E-state index in [0.717, 1.165) is 4.90 Å². The molecule has 0 radical (unpaired) electrons. The smallest absolute Gasteiger partial charge is 0.235 e. The molecule has 7 heteroatoms. The van der Waals surface area contributed by atoms with Gasteiger partial charge in [0.05, 0.1) is 10.3 Å². The van der Waals surface area contributed by atoms with E-state index in [-0.39, 0.29) is 23.0 Å². The lowest BCUT2D eigenvalue weighted by molar-refractivity contribution is -0.134. The third kappa shape index (κ3) is 4.31. The number of nitrogens with two attached hydrogens (primary N) is 1. The zero-order valence-electron chi connectivity index (χ0n) is 12.2. The van der Waals surface area contributed by atoms with Crippen LogP contribution in [-0.2, 0) is 9.59 Å². The highest BCUT2D eigenvalue weighted by atomic mass is 35.5. The minimum absolute atomic E-state index is 0.0453. The molecule has 22 heavy (non-hydrogen) atoms. The molecular formula is C15H18Cl2N2O2S. The highest BCUT2D eigenvalue weighted by Gasteiger charge is 2.28. The van der Waals surface area contributed by atoms with E-state index in [1.54, 1.807) is 23.1 Å². The van der Waals surface area contributed by atoms with E-state index >= 15 is 0 Å². The lowest BCUT2D eigenvalue weighted by atomic mass is 9.96.